The number of rotatable bonds is 6. The van der Waals surface area contributed by atoms with Crippen LogP contribution in [0.15, 0.2) is 61.3 Å². The minimum Gasteiger partial charge on any atom is -0.336 e. The Balaban J connectivity index is 1.43. The molecule has 6 nitrogen and oxygen atoms in total. The zero-order chi connectivity index (χ0) is 19.6. The number of fused-ring (bicyclic) bond motifs is 2. The molecule has 1 atom stereocenters. The average Bonchev–Trinajstić information content (AvgIpc) is 3.39. The summed E-state index contributed by atoms with van der Waals surface area (Å²) in [4.78, 5) is 16.3. The molecule has 1 aromatic carbocycles. The monoisotopic (exact) mass is 386 g/mol. The third kappa shape index (κ3) is 3.56. The smallest absolute Gasteiger partial charge is 0.124 e. The van der Waals surface area contributed by atoms with E-state index in [-0.39, 0.29) is 0 Å². The molecule has 0 amide bonds. The molecule has 0 radical (unpaired) electrons. The number of nitrogens with zero attached hydrogens (tertiary/aromatic N) is 6. The van der Waals surface area contributed by atoms with E-state index in [2.05, 4.69) is 62.5 Å². The molecule has 0 aliphatic heterocycles. The predicted molar refractivity (Wildman–Crippen MR) is 113 cm³/mol. The summed E-state index contributed by atoms with van der Waals surface area (Å²) in [5.74, 6) is 1.11. The van der Waals surface area contributed by atoms with E-state index in [1.165, 1.54) is 23.2 Å². The number of para-hydroxylation sites is 2. The lowest BCUT2D eigenvalue weighted by molar-refractivity contribution is 0.201. The number of hydrogen-bond acceptors (Lipinski definition) is 4. The highest BCUT2D eigenvalue weighted by atomic mass is 15.2. The molecule has 3 heterocycles. The Morgan fingerprint density at radius 1 is 1.10 bits per heavy atom. The predicted octanol–water partition coefficient (Wildman–Crippen LogP) is 3.84. The first-order valence-corrected chi connectivity index (χ1v) is 10.3. The lowest BCUT2D eigenvalue weighted by Gasteiger charge is -2.32. The molecule has 5 rings (SSSR count). The van der Waals surface area contributed by atoms with Gasteiger partial charge in [0.05, 0.1) is 35.6 Å². The second-order valence-corrected chi connectivity index (χ2v) is 7.84. The van der Waals surface area contributed by atoms with Crippen LogP contribution in [-0.2, 0) is 26.1 Å². The van der Waals surface area contributed by atoms with Gasteiger partial charge in [-0.05, 0) is 50.1 Å². The summed E-state index contributed by atoms with van der Waals surface area (Å²) in [6.07, 6.45) is 11.1. The van der Waals surface area contributed by atoms with Crippen molar-refractivity contribution < 1.29 is 0 Å². The van der Waals surface area contributed by atoms with Crippen molar-refractivity contribution in [2.45, 2.75) is 44.9 Å². The van der Waals surface area contributed by atoms with Crippen LogP contribution in [0.5, 0.6) is 0 Å². The highest BCUT2D eigenvalue weighted by Crippen LogP contribution is 2.33. The highest BCUT2D eigenvalue weighted by Gasteiger charge is 2.26. The van der Waals surface area contributed by atoms with Crippen LogP contribution in [0.4, 0.5) is 0 Å². The quantitative estimate of drug-likeness (QED) is 0.505. The van der Waals surface area contributed by atoms with E-state index in [1.54, 1.807) is 0 Å². The lowest BCUT2D eigenvalue weighted by atomic mass is 9.91. The van der Waals surface area contributed by atoms with Gasteiger partial charge in [0, 0.05) is 31.7 Å². The lowest BCUT2D eigenvalue weighted by Crippen LogP contribution is -2.29. The van der Waals surface area contributed by atoms with E-state index in [1.807, 2.05) is 24.9 Å². The van der Waals surface area contributed by atoms with E-state index >= 15 is 0 Å². The van der Waals surface area contributed by atoms with Crippen molar-refractivity contribution in [3.8, 4) is 0 Å². The number of hydrogen-bond donors (Lipinski definition) is 0. The molecule has 3 aromatic heterocycles. The van der Waals surface area contributed by atoms with Crippen molar-refractivity contribution in [2.75, 3.05) is 7.05 Å². The van der Waals surface area contributed by atoms with Crippen LogP contribution in [0.3, 0.4) is 0 Å². The van der Waals surface area contributed by atoms with E-state index in [0.717, 1.165) is 43.8 Å². The Kier molecular flexibility index (Phi) is 4.86. The largest absolute Gasteiger partial charge is 0.336 e. The zero-order valence-electron chi connectivity index (χ0n) is 16.8. The van der Waals surface area contributed by atoms with Gasteiger partial charge in [0.1, 0.15) is 5.82 Å². The fraction of sp³-hybridized carbons (Fsp3) is 0.348. The van der Waals surface area contributed by atoms with Crippen LogP contribution < -0.4 is 0 Å². The number of benzene rings is 1. The second kappa shape index (κ2) is 7.79. The van der Waals surface area contributed by atoms with Gasteiger partial charge in [0.2, 0.25) is 0 Å². The molecule has 1 aliphatic rings. The number of imidazole rings is 2. The van der Waals surface area contributed by atoms with Crippen molar-refractivity contribution in [3.05, 3.63) is 78.4 Å². The molecule has 0 bridgehead atoms. The van der Waals surface area contributed by atoms with Crippen molar-refractivity contribution in [1.82, 2.24) is 29.0 Å². The SMILES string of the molecule is CN(Cc1nc2ccccc2n1CCn1ccnc1)C1CCCc2cccnc21. The molecule has 148 valence electrons. The van der Waals surface area contributed by atoms with Gasteiger partial charge in [-0.2, -0.15) is 0 Å². The standard InChI is InChI=1S/C23H26N6/c1-27(21-10-4-6-18-7-5-11-25-23(18)21)16-22-26-19-8-2-3-9-20(19)29(22)15-14-28-13-12-24-17-28/h2-3,5,7-9,11-13,17,21H,4,6,10,14-16H2,1H3. The number of aryl methyl sites for hydroxylation is 3. The maximum Gasteiger partial charge on any atom is 0.124 e. The highest BCUT2D eigenvalue weighted by molar-refractivity contribution is 5.75. The normalized spacial score (nSPS) is 16.4. The van der Waals surface area contributed by atoms with Crippen molar-refractivity contribution in [2.24, 2.45) is 0 Å². The van der Waals surface area contributed by atoms with E-state index in [4.69, 9.17) is 9.97 Å². The molecular formula is C23H26N6. The van der Waals surface area contributed by atoms with Gasteiger partial charge < -0.3 is 9.13 Å². The summed E-state index contributed by atoms with van der Waals surface area (Å²) in [5.41, 5.74) is 4.88. The van der Waals surface area contributed by atoms with E-state index in [0.29, 0.717) is 6.04 Å². The van der Waals surface area contributed by atoms with Crippen LogP contribution in [0, 0.1) is 0 Å². The molecule has 0 saturated heterocycles. The van der Waals surface area contributed by atoms with Gasteiger partial charge in [-0.25, -0.2) is 9.97 Å². The van der Waals surface area contributed by atoms with Gasteiger partial charge in [0.25, 0.3) is 0 Å². The Labute approximate surface area is 170 Å². The topological polar surface area (TPSA) is 51.8 Å². The second-order valence-electron chi connectivity index (χ2n) is 7.84. The maximum absolute atomic E-state index is 4.98. The minimum atomic E-state index is 0.349. The number of pyridine rings is 1. The van der Waals surface area contributed by atoms with Gasteiger partial charge in [-0.3, -0.25) is 9.88 Å². The Bertz CT molecular complexity index is 1100. The first-order valence-electron chi connectivity index (χ1n) is 10.3. The van der Waals surface area contributed by atoms with E-state index < -0.39 is 0 Å². The number of aromatic nitrogens is 5. The average molecular weight is 387 g/mol. The van der Waals surface area contributed by atoms with Crippen LogP contribution in [-0.4, -0.2) is 36.0 Å². The molecule has 4 aromatic rings. The van der Waals surface area contributed by atoms with Crippen molar-refractivity contribution in [3.63, 3.8) is 0 Å². The Hall–Kier alpha value is -2.99. The third-order valence-corrected chi connectivity index (χ3v) is 5.96. The molecule has 6 heteroatoms. The van der Waals surface area contributed by atoms with Gasteiger partial charge >= 0.3 is 0 Å². The van der Waals surface area contributed by atoms with Gasteiger partial charge in [0.15, 0.2) is 0 Å². The van der Waals surface area contributed by atoms with Crippen molar-refractivity contribution in [1.29, 1.82) is 0 Å². The zero-order valence-corrected chi connectivity index (χ0v) is 16.8. The third-order valence-electron chi connectivity index (χ3n) is 5.96. The van der Waals surface area contributed by atoms with Gasteiger partial charge in [-0.15, -0.1) is 0 Å². The summed E-state index contributed by atoms with van der Waals surface area (Å²) in [7, 11) is 2.20. The van der Waals surface area contributed by atoms with Crippen LogP contribution in [0.25, 0.3) is 11.0 Å². The Morgan fingerprint density at radius 2 is 2.03 bits per heavy atom. The van der Waals surface area contributed by atoms with Crippen LogP contribution >= 0.6 is 0 Å². The molecule has 0 N–H and O–H groups in total. The summed E-state index contributed by atoms with van der Waals surface area (Å²) in [6.45, 7) is 2.56. The first-order chi connectivity index (χ1) is 14.3. The molecule has 1 unspecified atom stereocenters. The first kappa shape index (κ1) is 18.1. The van der Waals surface area contributed by atoms with Gasteiger partial charge in [-0.1, -0.05) is 18.2 Å². The molecule has 1 aliphatic carbocycles. The summed E-state index contributed by atoms with van der Waals surface area (Å²) in [5, 5.41) is 0. The minimum absolute atomic E-state index is 0.349. The van der Waals surface area contributed by atoms with Crippen LogP contribution in [0.2, 0.25) is 0 Å². The molecule has 0 fully saturated rings. The fourth-order valence-corrected chi connectivity index (χ4v) is 4.48. The summed E-state index contributed by atoms with van der Waals surface area (Å²) in [6, 6.07) is 13.0. The molecular weight excluding hydrogens is 360 g/mol. The van der Waals surface area contributed by atoms with Crippen LogP contribution in [0.1, 0.15) is 36.0 Å². The molecule has 29 heavy (non-hydrogen) atoms. The maximum atomic E-state index is 4.98. The summed E-state index contributed by atoms with van der Waals surface area (Å²) < 4.78 is 4.47. The molecule has 0 spiro atoms. The molecule has 0 saturated carbocycles. The van der Waals surface area contributed by atoms with E-state index in [9.17, 15) is 0 Å². The van der Waals surface area contributed by atoms with Crippen molar-refractivity contribution >= 4 is 11.0 Å². The fourth-order valence-electron chi connectivity index (χ4n) is 4.48. The summed E-state index contributed by atoms with van der Waals surface area (Å²) >= 11 is 0. The Morgan fingerprint density at radius 3 is 2.93 bits per heavy atom.